The average Bonchev–Trinajstić information content (AvgIpc) is 2.58. The van der Waals surface area contributed by atoms with Gasteiger partial charge in [-0.25, -0.2) is 4.79 Å². The Bertz CT molecular complexity index is 678. The number of phenols is 3. The van der Waals surface area contributed by atoms with E-state index in [1.807, 2.05) is 6.92 Å². The molecule has 0 saturated heterocycles. The molecule has 0 aliphatic rings. The summed E-state index contributed by atoms with van der Waals surface area (Å²) >= 11 is 0. The molecule has 0 fully saturated rings. The first kappa shape index (κ1) is 22.8. The van der Waals surface area contributed by atoms with E-state index < -0.39 is 29.2 Å². The van der Waals surface area contributed by atoms with Crippen LogP contribution in [0.3, 0.4) is 0 Å². The number of aromatic carboxylic acids is 1. The van der Waals surface area contributed by atoms with Gasteiger partial charge >= 0.3 is 35.5 Å². The third-order valence-electron chi connectivity index (χ3n) is 2.75. The molecular weight excluding hydrogens is 339 g/mol. The largest absolute Gasteiger partial charge is 1.00 e. The van der Waals surface area contributed by atoms with Crippen LogP contribution in [0, 0.1) is 0 Å². The summed E-state index contributed by atoms with van der Waals surface area (Å²) in [4.78, 5) is 21.4. The van der Waals surface area contributed by atoms with Crippen LogP contribution in [-0.4, -0.2) is 33.9 Å². The van der Waals surface area contributed by atoms with E-state index in [0.29, 0.717) is 6.42 Å². The number of phenolic OH excluding ortho intramolecular Hbond substituents is 3. The summed E-state index contributed by atoms with van der Waals surface area (Å²) in [5.74, 6) is -3.54. The smallest absolute Gasteiger partial charge is 0.545 e. The minimum atomic E-state index is -1.13. The number of carboxylic acids is 1. The second kappa shape index (κ2) is 11.4. The molecule has 0 aliphatic carbocycles. The SMILES string of the molecule is CCCOC(=O)c1cc(O)c(O)c(O)c1.O=C([O-])c1ccccc1.[Na+]. The zero-order valence-electron chi connectivity index (χ0n) is 13.9. The molecule has 7 nitrogen and oxygen atoms in total. The summed E-state index contributed by atoms with van der Waals surface area (Å²) in [7, 11) is 0. The molecular formula is C17H17NaO7. The number of carbonyl (C=O) groups is 2. The van der Waals surface area contributed by atoms with Crippen molar-refractivity contribution in [2.45, 2.75) is 13.3 Å². The average molecular weight is 356 g/mol. The van der Waals surface area contributed by atoms with Crippen molar-refractivity contribution in [2.24, 2.45) is 0 Å². The van der Waals surface area contributed by atoms with Gasteiger partial charge in [0.2, 0.25) is 0 Å². The summed E-state index contributed by atoms with van der Waals surface area (Å²) < 4.78 is 4.78. The molecule has 0 heterocycles. The van der Waals surface area contributed by atoms with E-state index >= 15 is 0 Å². The maximum atomic E-state index is 11.3. The monoisotopic (exact) mass is 356 g/mol. The molecule has 0 radical (unpaired) electrons. The van der Waals surface area contributed by atoms with Gasteiger partial charge in [-0.3, -0.25) is 0 Å². The molecule has 0 bridgehead atoms. The molecule has 2 rings (SSSR count). The fourth-order valence-electron chi connectivity index (χ4n) is 1.57. The number of rotatable bonds is 4. The van der Waals surface area contributed by atoms with Gasteiger partial charge in [0.25, 0.3) is 0 Å². The van der Waals surface area contributed by atoms with Crippen LogP contribution in [-0.2, 0) is 4.74 Å². The Kier molecular flexibility index (Phi) is 10.3. The first-order valence-electron chi connectivity index (χ1n) is 7.05. The van der Waals surface area contributed by atoms with Gasteiger partial charge in [0, 0.05) is 0 Å². The van der Waals surface area contributed by atoms with Gasteiger partial charge in [-0.2, -0.15) is 0 Å². The fraction of sp³-hybridized carbons (Fsp3) is 0.176. The molecule has 8 heteroatoms. The van der Waals surface area contributed by atoms with Crippen molar-refractivity contribution >= 4 is 11.9 Å². The summed E-state index contributed by atoms with van der Waals surface area (Å²) in [5.41, 5.74) is 0.216. The van der Waals surface area contributed by atoms with Crippen LogP contribution in [0.25, 0.3) is 0 Å². The Labute approximate surface area is 166 Å². The topological polar surface area (TPSA) is 127 Å². The number of benzene rings is 2. The summed E-state index contributed by atoms with van der Waals surface area (Å²) in [5, 5.41) is 37.4. The van der Waals surface area contributed by atoms with Gasteiger partial charge in [0.05, 0.1) is 18.1 Å². The van der Waals surface area contributed by atoms with Gasteiger partial charge in [-0.1, -0.05) is 37.3 Å². The molecule has 128 valence electrons. The minimum absolute atomic E-state index is 0. The van der Waals surface area contributed by atoms with Gasteiger partial charge in [-0.15, -0.1) is 0 Å². The van der Waals surface area contributed by atoms with Gasteiger partial charge in [0.15, 0.2) is 17.2 Å². The molecule has 25 heavy (non-hydrogen) atoms. The van der Waals surface area contributed by atoms with Crippen LogP contribution >= 0.6 is 0 Å². The number of ether oxygens (including phenoxy) is 1. The molecule has 2 aromatic rings. The zero-order chi connectivity index (χ0) is 18.1. The molecule has 0 spiro atoms. The molecule has 0 saturated carbocycles. The van der Waals surface area contributed by atoms with Crippen molar-refractivity contribution in [1.29, 1.82) is 0 Å². The molecule has 3 N–H and O–H groups in total. The van der Waals surface area contributed by atoms with Gasteiger partial charge < -0.3 is 30.0 Å². The normalized spacial score (nSPS) is 9.16. The van der Waals surface area contributed by atoms with Crippen molar-refractivity contribution in [1.82, 2.24) is 0 Å². The molecule has 0 aliphatic heterocycles. The first-order chi connectivity index (χ1) is 11.4. The van der Waals surface area contributed by atoms with E-state index in [9.17, 15) is 14.7 Å². The Morgan fingerprint density at radius 3 is 1.92 bits per heavy atom. The van der Waals surface area contributed by atoms with Crippen molar-refractivity contribution in [3.63, 3.8) is 0 Å². The predicted molar refractivity (Wildman–Crippen MR) is 82.8 cm³/mol. The zero-order valence-corrected chi connectivity index (χ0v) is 15.9. The van der Waals surface area contributed by atoms with Crippen LogP contribution in [0.4, 0.5) is 0 Å². The van der Waals surface area contributed by atoms with Crippen molar-refractivity contribution in [2.75, 3.05) is 6.61 Å². The van der Waals surface area contributed by atoms with E-state index in [0.717, 1.165) is 12.1 Å². The number of hydrogen-bond donors (Lipinski definition) is 3. The van der Waals surface area contributed by atoms with Crippen LogP contribution in [0.15, 0.2) is 42.5 Å². The molecule has 0 amide bonds. The summed E-state index contributed by atoms with van der Waals surface area (Å²) in [6.07, 6.45) is 0.682. The number of hydrogen-bond acceptors (Lipinski definition) is 7. The summed E-state index contributed by atoms with van der Waals surface area (Å²) in [6.45, 7) is 2.11. The van der Waals surface area contributed by atoms with E-state index in [1.165, 1.54) is 12.1 Å². The van der Waals surface area contributed by atoms with Crippen LogP contribution in [0.1, 0.15) is 34.1 Å². The fourth-order valence-corrected chi connectivity index (χ4v) is 1.57. The molecule has 2 aromatic carbocycles. The van der Waals surface area contributed by atoms with E-state index in [2.05, 4.69) is 0 Å². The summed E-state index contributed by atoms with van der Waals surface area (Å²) in [6, 6.07) is 10.1. The number of esters is 1. The van der Waals surface area contributed by atoms with Crippen molar-refractivity contribution in [3.8, 4) is 17.2 Å². The Hall–Kier alpha value is -2.22. The van der Waals surface area contributed by atoms with Crippen LogP contribution in [0.5, 0.6) is 17.2 Å². The predicted octanol–water partition coefficient (Wildman–Crippen LogP) is -1.58. The van der Waals surface area contributed by atoms with Crippen LogP contribution in [0.2, 0.25) is 0 Å². The maximum Gasteiger partial charge on any atom is 1.00 e. The van der Waals surface area contributed by atoms with E-state index in [1.54, 1.807) is 18.2 Å². The second-order valence-corrected chi connectivity index (χ2v) is 4.65. The van der Waals surface area contributed by atoms with E-state index in [4.69, 9.17) is 20.1 Å². The Morgan fingerprint density at radius 2 is 1.52 bits per heavy atom. The molecule has 0 aromatic heterocycles. The van der Waals surface area contributed by atoms with Gasteiger partial charge in [-0.05, 0) is 24.1 Å². The van der Waals surface area contributed by atoms with Crippen molar-refractivity contribution in [3.05, 3.63) is 53.6 Å². The number of carbonyl (C=O) groups excluding carboxylic acids is 2. The third-order valence-corrected chi connectivity index (χ3v) is 2.75. The second-order valence-electron chi connectivity index (χ2n) is 4.65. The van der Waals surface area contributed by atoms with Crippen LogP contribution < -0.4 is 34.7 Å². The number of aromatic hydroxyl groups is 3. The maximum absolute atomic E-state index is 11.3. The molecule has 0 unspecified atom stereocenters. The number of carboxylic acid groups (broad SMARTS) is 1. The quantitative estimate of drug-likeness (QED) is 0.343. The third kappa shape index (κ3) is 7.47. The molecule has 0 atom stereocenters. The Morgan fingerprint density at radius 1 is 1.00 bits per heavy atom. The first-order valence-corrected chi connectivity index (χ1v) is 7.05. The van der Waals surface area contributed by atoms with Gasteiger partial charge in [0.1, 0.15) is 0 Å². The minimum Gasteiger partial charge on any atom is -0.545 e. The van der Waals surface area contributed by atoms with Crippen molar-refractivity contribution < 1.29 is 64.3 Å². The Balaban J connectivity index is 0.000000495. The standard InChI is InChI=1S/C10H12O5.C7H6O2.Na/c1-2-3-15-10(14)6-4-7(11)9(13)8(12)5-6;8-7(9)6-4-2-1-3-5-6;/h4-5,11-13H,2-3H2,1H3;1-5H,(H,8,9);/q;;+1/p-1. The van der Waals surface area contributed by atoms with E-state index in [-0.39, 0.29) is 47.3 Å².